The van der Waals surface area contributed by atoms with Crippen LogP contribution in [0.1, 0.15) is 265 Å². The molecule has 0 aromatic carbocycles. The summed E-state index contributed by atoms with van der Waals surface area (Å²) in [5.74, 6) is 3.84. The fourth-order valence-electron chi connectivity index (χ4n) is 13.4. The molecule has 0 radical (unpaired) electrons. The summed E-state index contributed by atoms with van der Waals surface area (Å²) in [4.78, 5) is 52.5. The second-order valence-corrected chi connectivity index (χ2v) is 27.1. The van der Waals surface area contributed by atoms with Crippen LogP contribution in [0.15, 0.2) is 0 Å². The fourth-order valence-corrected chi connectivity index (χ4v) is 13.4. The molecule has 0 aromatic rings. The number of carbonyl (C=O) groups is 4. The van der Waals surface area contributed by atoms with Crippen molar-refractivity contribution in [1.29, 1.82) is 0 Å². The average Bonchev–Trinajstić information content (AvgIpc) is 4.43. The maximum atomic E-state index is 13.0. The highest BCUT2D eigenvalue weighted by Crippen LogP contribution is 2.38. The van der Waals surface area contributed by atoms with Gasteiger partial charge in [0.05, 0.1) is 13.2 Å². The number of hydrogen-bond acceptors (Lipinski definition) is 14. The van der Waals surface area contributed by atoms with E-state index in [2.05, 4.69) is 41.6 Å². The quantitative estimate of drug-likeness (QED) is 0.0226. The van der Waals surface area contributed by atoms with Gasteiger partial charge in [-0.15, -0.1) is 0 Å². The van der Waals surface area contributed by atoms with E-state index in [0.717, 1.165) is 238 Å². The van der Waals surface area contributed by atoms with Gasteiger partial charge in [0, 0.05) is 110 Å². The zero-order valence-electron chi connectivity index (χ0n) is 55.5. The number of hydrogen-bond donors (Lipinski definition) is 3. The molecule has 0 bridgehead atoms. The molecule has 3 unspecified atom stereocenters. The summed E-state index contributed by atoms with van der Waals surface area (Å²) in [7, 11) is 0. The Hall–Kier alpha value is -2.96. The minimum absolute atomic E-state index is 0.108. The highest BCUT2D eigenvalue weighted by molar-refractivity contribution is 5.70. The lowest BCUT2D eigenvalue weighted by atomic mass is 9.75. The Labute approximate surface area is 528 Å². The minimum Gasteiger partial charge on any atom is -0.462 e. The monoisotopic (exact) mass is 1230 g/mol. The second-order valence-electron chi connectivity index (χ2n) is 27.1. The number of alkyl carbamates (subject to hydrolysis) is 3. The van der Waals surface area contributed by atoms with Crippen molar-refractivity contribution in [3.63, 3.8) is 0 Å². The van der Waals surface area contributed by atoms with Crippen molar-refractivity contribution < 1.29 is 61.8 Å². The summed E-state index contributed by atoms with van der Waals surface area (Å²) in [6.45, 7) is 16.7. The Morgan fingerprint density at radius 3 is 1.07 bits per heavy atom. The van der Waals surface area contributed by atoms with Gasteiger partial charge in [0.15, 0.2) is 6.10 Å². The first-order valence-corrected chi connectivity index (χ1v) is 36.2. The van der Waals surface area contributed by atoms with Crippen molar-refractivity contribution in [2.24, 2.45) is 29.6 Å². The maximum Gasteiger partial charge on any atom is 0.407 e. The van der Waals surface area contributed by atoms with Gasteiger partial charge in [-0.05, 0) is 210 Å². The van der Waals surface area contributed by atoms with Crippen LogP contribution in [0.5, 0.6) is 0 Å². The maximum absolute atomic E-state index is 13.0. The predicted molar refractivity (Wildman–Crippen MR) is 344 cm³/mol. The van der Waals surface area contributed by atoms with Crippen LogP contribution in [0.2, 0.25) is 0 Å². The molecule has 5 rings (SSSR count). The van der Waals surface area contributed by atoms with Gasteiger partial charge in [0.2, 0.25) is 0 Å². The van der Waals surface area contributed by atoms with E-state index in [-0.39, 0.29) is 42.9 Å². The molecular weight excluding hydrogens is 1100 g/mol. The van der Waals surface area contributed by atoms with E-state index in [9.17, 15) is 19.2 Å². The highest BCUT2D eigenvalue weighted by atomic mass is 16.6. The van der Waals surface area contributed by atoms with Gasteiger partial charge < -0.3 is 58.6 Å². The number of ether oxygens (including phenoxy) is 9. The van der Waals surface area contributed by atoms with Crippen LogP contribution in [0.3, 0.4) is 0 Å². The van der Waals surface area contributed by atoms with Gasteiger partial charge in [-0.3, -0.25) is 9.69 Å². The Kier molecular flexibility index (Phi) is 41.9. The number of esters is 1. The van der Waals surface area contributed by atoms with Crippen LogP contribution >= 0.6 is 0 Å². The second kappa shape index (κ2) is 48.8. The van der Waals surface area contributed by atoms with Crippen molar-refractivity contribution in [3.05, 3.63) is 0 Å². The Bertz CT molecular complexity index is 1720. The molecular formula is C70H128N4O13. The third-order valence-electron chi connectivity index (χ3n) is 19.2. The minimum atomic E-state index is -0.468. The van der Waals surface area contributed by atoms with Crippen molar-refractivity contribution >= 4 is 24.2 Å². The Morgan fingerprint density at radius 2 is 0.713 bits per heavy atom. The van der Waals surface area contributed by atoms with Crippen LogP contribution in [0.4, 0.5) is 14.4 Å². The van der Waals surface area contributed by atoms with Crippen molar-refractivity contribution in [2.45, 2.75) is 295 Å². The van der Waals surface area contributed by atoms with Gasteiger partial charge in [-0.2, -0.15) is 0 Å². The van der Waals surface area contributed by atoms with Gasteiger partial charge in [-0.1, -0.05) is 78.1 Å². The van der Waals surface area contributed by atoms with E-state index in [0.29, 0.717) is 57.3 Å². The molecule has 87 heavy (non-hydrogen) atoms. The van der Waals surface area contributed by atoms with Gasteiger partial charge in [0.25, 0.3) is 0 Å². The number of rotatable bonds is 50. The van der Waals surface area contributed by atoms with E-state index in [1.807, 2.05) is 0 Å². The largest absolute Gasteiger partial charge is 0.462 e. The third kappa shape index (κ3) is 38.5. The average molecular weight is 1230 g/mol. The number of amides is 3. The van der Waals surface area contributed by atoms with E-state index >= 15 is 0 Å². The van der Waals surface area contributed by atoms with Crippen molar-refractivity contribution in [3.8, 4) is 0 Å². The van der Waals surface area contributed by atoms with Gasteiger partial charge in [0.1, 0.15) is 6.61 Å². The predicted octanol–water partition coefficient (Wildman–Crippen LogP) is 15.0. The first-order valence-electron chi connectivity index (χ1n) is 36.2. The molecule has 17 nitrogen and oxygen atoms in total. The Morgan fingerprint density at radius 1 is 0.391 bits per heavy atom. The summed E-state index contributed by atoms with van der Waals surface area (Å²) in [5, 5.41) is 9.34. The van der Waals surface area contributed by atoms with E-state index < -0.39 is 12.2 Å². The van der Waals surface area contributed by atoms with E-state index in [1.165, 1.54) is 77.0 Å². The normalized spacial score (nSPS) is 25.0. The summed E-state index contributed by atoms with van der Waals surface area (Å²) in [5.41, 5.74) is 0. The SMILES string of the molecule is CCCCCCCCCC(=O)OCC(CN1CC1C)OC(=O)NC1CCC(CC2CCC(NC(=O)OCCCCOCCCCOCCCCOCCCCOCCCCOCCCCOC(=O)NC3CCC(CC4CCC(C)CC4)CC3)CC2)CC1. The molecule has 0 spiro atoms. The zero-order valence-corrected chi connectivity index (χ0v) is 55.5. The molecule has 1 saturated heterocycles. The molecule has 1 heterocycles. The lowest BCUT2D eigenvalue weighted by Gasteiger charge is -2.34. The molecule has 3 N–H and O–H groups in total. The Balaban J connectivity index is 0.686. The first-order chi connectivity index (χ1) is 42.6. The van der Waals surface area contributed by atoms with Crippen molar-refractivity contribution in [1.82, 2.24) is 20.9 Å². The summed E-state index contributed by atoms with van der Waals surface area (Å²) in [6, 6.07) is 1.03. The van der Waals surface area contributed by atoms with Crippen molar-refractivity contribution in [2.75, 3.05) is 99.0 Å². The van der Waals surface area contributed by atoms with Crippen LogP contribution < -0.4 is 16.0 Å². The highest BCUT2D eigenvalue weighted by Gasteiger charge is 2.34. The molecule has 3 amide bonds. The van der Waals surface area contributed by atoms with E-state index in [4.69, 9.17) is 42.6 Å². The summed E-state index contributed by atoms with van der Waals surface area (Å²) >= 11 is 0. The topological polar surface area (TPSA) is 190 Å². The number of nitrogens with one attached hydrogen (secondary N) is 3. The van der Waals surface area contributed by atoms with Crippen LogP contribution in [0.25, 0.3) is 0 Å². The number of unbranched alkanes of at least 4 members (excludes halogenated alkanes) is 12. The summed E-state index contributed by atoms with van der Waals surface area (Å²) in [6.07, 6.45) is 39.7. The fraction of sp³-hybridized carbons (Fsp3) is 0.943. The van der Waals surface area contributed by atoms with Crippen LogP contribution in [-0.4, -0.2) is 158 Å². The lowest BCUT2D eigenvalue weighted by molar-refractivity contribution is -0.147. The zero-order chi connectivity index (χ0) is 61.6. The standard InChI is InChI=1S/C70H128N4O13/c1-4-5-6-7-8-9-10-23-67(75)86-56-66(55-74-54-58(74)3)87-70(78)73-65-38-32-62(33-39-65)53-61-30-36-64(37-31-61)72-69(77)85-51-22-20-49-83-47-18-16-45-81-43-14-12-41-79-40-11-13-42-80-44-15-17-46-82-48-19-21-50-84-68(76)71-63-34-28-60(29-35-63)52-59-26-24-57(2)25-27-59/h57-66H,4-56H2,1-3H3,(H,71,76)(H,72,77)(H,73,78). The third-order valence-corrected chi connectivity index (χ3v) is 19.2. The molecule has 4 aliphatic carbocycles. The smallest absolute Gasteiger partial charge is 0.407 e. The molecule has 3 atom stereocenters. The molecule has 4 saturated carbocycles. The molecule has 506 valence electrons. The molecule has 1 aliphatic heterocycles. The van der Waals surface area contributed by atoms with Crippen LogP contribution in [0, 0.1) is 29.6 Å². The molecule has 0 aromatic heterocycles. The van der Waals surface area contributed by atoms with Crippen LogP contribution in [-0.2, 0) is 47.4 Å². The molecule has 5 fully saturated rings. The lowest BCUT2D eigenvalue weighted by Crippen LogP contribution is -2.42. The first kappa shape index (κ1) is 74.8. The van der Waals surface area contributed by atoms with E-state index in [1.54, 1.807) is 0 Å². The molecule has 17 heteroatoms. The number of carbonyl (C=O) groups excluding carboxylic acids is 4. The summed E-state index contributed by atoms with van der Waals surface area (Å²) < 4.78 is 51.4. The van der Waals surface area contributed by atoms with Gasteiger partial charge >= 0.3 is 24.2 Å². The van der Waals surface area contributed by atoms with Gasteiger partial charge in [-0.25, -0.2) is 14.4 Å². The number of nitrogens with zero attached hydrogens (tertiary/aromatic N) is 1. The molecule has 5 aliphatic rings.